The molecule has 0 heterocycles. The average Bonchev–Trinajstić information content (AvgIpc) is 2.68. The second-order valence-electron chi connectivity index (χ2n) is 5.65. The first-order valence-corrected chi connectivity index (χ1v) is 9.36. The molecule has 3 aromatic carbocycles. The Hall–Kier alpha value is -2.86. The molecule has 0 aliphatic carbocycles. The van der Waals surface area contributed by atoms with E-state index in [0.717, 1.165) is 21.5 Å². The summed E-state index contributed by atoms with van der Waals surface area (Å²) in [6.45, 7) is 0. The van der Waals surface area contributed by atoms with Crippen LogP contribution in [0.4, 0.5) is 10.1 Å². The molecule has 0 spiro atoms. The number of nitrogens with zero attached hydrogens (tertiary/aromatic N) is 1. The highest BCUT2D eigenvalue weighted by atomic mass is 32.2. The topological polar surface area (TPSA) is 46.6 Å². The summed E-state index contributed by atoms with van der Waals surface area (Å²) in [4.78, 5) is -0.138. The number of anilines is 1. The van der Waals surface area contributed by atoms with E-state index in [1.807, 2.05) is 42.5 Å². The second-order valence-corrected chi connectivity index (χ2v) is 7.62. The van der Waals surface area contributed by atoms with Gasteiger partial charge in [-0.05, 0) is 29.8 Å². The third-order valence-corrected chi connectivity index (χ3v) is 5.88. The van der Waals surface area contributed by atoms with Gasteiger partial charge in [-0.15, -0.1) is 0 Å². The molecule has 0 saturated carbocycles. The van der Waals surface area contributed by atoms with Crippen molar-refractivity contribution in [3.8, 4) is 16.9 Å². The van der Waals surface area contributed by atoms with Crippen LogP contribution in [0.1, 0.15) is 0 Å². The van der Waals surface area contributed by atoms with E-state index in [1.54, 1.807) is 12.1 Å². The van der Waals surface area contributed by atoms with Crippen LogP contribution in [0.2, 0.25) is 0 Å². The molecule has 0 atom stereocenters. The number of hydrogen-bond acceptors (Lipinski definition) is 3. The van der Waals surface area contributed by atoms with Gasteiger partial charge in [-0.2, -0.15) is 0 Å². The third kappa shape index (κ3) is 3.28. The van der Waals surface area contributed by atoms with Crippen LogP contribution in [0.25, 0.3) is 11.1 Å². The van der Waals surface area contributed by atoms with Crippen molar-refractivity contribution in [2.45, 2.75) is 4.90 Å². The molecule has 0 aliphatic rings. The molecule has 4 nitrogen and oxygen atoms in total. The Morgan fingerprint density at radius 1 is 0.923 bits per heavy atom. The first kappa shape index (κ1) is 17.9. The smallest absolute Gasteiger partial charge is 0.264 e. The highest BCUT2D eigenvalue weighted by Crippen LogP contribution is 2.33. The molecule has 26 heavy (non-hydrogen) atoms. The molecule has 0 aliphatic heterocycles. The maximum Gasteiger partial charge on any atom is 0.264 e. The zero-order chi connectivity index (χ0) is 18.7. The Balaban J connectivity index is 2.07. The van der Waals surface area contributed by atoms with Gasteiger partial charge in [-0.3, -0.25) is 4.31 Å². The second kappa shape index (κ2) is 7.17. The quantitative estimate of drug-likeness (QED) is 0.671. The summed E-state index contributed by atoms with van der Waals surface area (Å²) in [7, 11) is -1.15. The minimum Gasteiger partial charge on any atom is -0.494 e. The zero-order valence-electron chi connectivity index (χ0n) is 14.4. The molecule has 0 radical (unpaired) electrons. The molecular formula is C20H18FNO3S. The lowest BCUT2D eigenvalue weighted by Gasteiger charge is -2.22. The van der Waals surface area contributed by atoms with Crippen LogP contribution in [0, 0.1) is 5.82 Å². The largest absolute Gasteiger partial charge is 0.494 e. The van der Waals surface area contributed by atoms with Gasteiger partial charge in [0.1, 0.15) is 0 Å². The summed E-state index contributed by atoms with van der Waals surface area (Å²) in [5, 5.41) is 0. The molecular weight excluding hydrogens is 353 g/mol. The van der Waals surface area contributed by atoms with Crippen molar-refractivity contribution in [1.29, 1.82) is 0 Å². The Kier molecular flexibility index (Phi) is 4.95. The highest BCUT2D eigenvalue weighted by molar-refractivity contribution is 7.92. The van der Waals surface area contributed by atoms with Gasteiger partial charge >= 0.3 is 0 Å². The fourth-order valence-corrected chi connectivity index (χ4v) is 3.93. The minimum atomic E-state index is -3.93. The molecule has 0 bridgehead atoms. The van der Waals surface area contributed by atoms with E-state index >= 15 is 0 Å². The molecule has 0 unspecified atom stereocenters. The van der Waals surface area contributed by atoms with Gasteiger partial charge in [0.15, 0.2) is 11.6 Å². The van der Waals surface area contributed by atoms with E-state index in [4.69, 9.17) is 4.74 Å². The van der Waals surface area contributed by atoms with Crippen molar-refractivity contribution in [3.63, 3.8) is 0 Å². The Morgan fingerprint density at radius 3 is 2.23 bits per heavy atom. The van der Waals surface area contributed by atoms with Crippen molar-refractivity contribution >= 4 is 15.7 Å². The minimum absolute atomic E-state index is 0.00344. The summed E-state index contributed by atoms with van der Waals surface area (Å²) in [5.74, 6) is -0.727. The number of hydrogen-bond donors (Lipinski definition) is 0. The standard InChI is InChI=1S/C20H18FNO3S/c1-22(26(23,24)16-12-13-20(25-2)18(21)14-16)19-11-7-6-10-17(19)15-8-4-3-5-9-15/h3-14H,1-2H3. The predicted molar refractivity (Wildman–Crippen MR) is 100 cm³/mol. The van der Waals surface area contributed by atoms with Gasteiger partial charge in [-0.1, -0.05) is 48.5 Å². The number of rotatable bonds is 5. The van der Waals surface area contributed by atoms with Crippen molar-refractivity contribution in [2.24, 2.45) is 0 Å². The van der Waals surface area contributed by atoms with Crippen LogP contribution in [0.15, 0.2) is 77.7 Å². The molecule has 0 saturated heterocycles. The van der Waals surface area contributed by atoms with Gasteiger partial charge in [0.2, 0.25) is 0 Å². The van der Waals surface area contributed by atoms with Crippen LogP contribution in [0.5, 0.6) is 5.75 Å². The fraction of sp³-hybridized carbons (Fsp3) is 0.100. The van der Waals surface area contributed by atoms with Crippen LogP contribution in [-0.4, -0.2) is 22.6 Å². The summed E-state index contributed by atoms with van der Waals surface area (Å²) >= 11 is 0. The van der Waals surface area contributed by atoms with E-state index in [0.29, 0.717) is 5.69 Å². The lowest BCUT2D eigenvalue weighted by Crippen LogP contribution is -2.27. The van der Waals surface area contributed by atoms with E-state index in [-0.39, 0.29) is 10.6 Å². The summed E-state index contributed by atoms with van der Waals surface area (Å²) in [6, 6.07) is 20.3. The fourth-order valence-electron chi connectivity index (χ4n) is 2.71. The number of halogens is 1. The van der Waals surface area contributed by atoms with E-state index < -0.39 is 15.8 Å². The van der Waals surface area contributed by atoms with Crippen molar-refractivity contribution in [2.75, 3.05) is 18.5 Å². The van der Waals surface area contributed by atoms with Crippen LogP contribution >= 0.6 is 0 Å². The van der Waals surface area contributed by atoms with Gasteiger partial charge in [0.05, 0.1) is 17.7 Å². The van der Waals surface area contributed by atoms with E-state index in [1.165, 1.54) is 26.3 Å². The number of benzene rings is 3. The third-order valence-electron chi connectivity index (χ3n) is 4.11. The molecule has 134 valence electrons. The maximum absolute atomic E-state index is 14.0. The monoisotopic (exact) mass is 371 g/mol. The Labute approximate surface area is 152 Å². The normalized spacial score (nSPS) is 11.2. The Bertz CT molecular complexity index is 1020. The Morgan fingerprint density at radius 2 is 1.58 bits per heavy atom. The molecule has 0 amide bonds. The zero-order valence-corrected chi connectivity index (χ0v) is 15.2. The average molecular weight is 371 g/mol. The van der Waals surface area contributed by atoms with Crippen LogP contribution < -0.4 is 9.04 Å². The van der Waals surface area contributed by atoms with Gasteiger partial charge in [0.25, 0.3) is 10.0 Å². The molecule has 3 aromatic rings. The lowest BCUT2D eigenvalue weighted by molar-refractivity contribution is 0.385. The number of sulfonamides is 1. The number of methoxy groups -OCH3 is 1. The van der Waals surface area contributed by atoms with Crippen LogP contribution in [-0.2, 0) is 10.0 Å². The maximum atomic E-state index is 14.0. The summed E-state index contributed by atoms with van der Waals surface area (Å²) in [6.07, 6.45) is 0. The van der Waals surface area contributed by atoms with E-state index in [2.05, 4.69) is 0 Å². The number of para-hydroxylation sites is 1. The first-order chi connectivity index (χ1) is 12.4. The van der Waals surface area contributed by atoms with Crippen molar-refractivity contribution < 1.29 is 17.5 Å². The van der Waals surface area contributed by atoms with Gasteiger partial charge in [0, 0.05) is 12.6 Å². The van der Waals surface area contributed by atoms with Gasteiger partial charge < -0.3 is 4.74 Å². The molecule has 0 N–H and O–H groups in total. The predicted octanol–water partition coefficient (Wildman–Crippen LogP) is 4.33. The van der Waals surface area contributed by atoms with Crippen molar-refractivity contribution in [1.82, 2.24) is 0 Å². The first-order valence-electron chi connectivity index (χ1n) is 7.92. The van der Waals surface area contributed by atoms with Crippen LogP contribution in [0.3, 0.4) is 0 Å². The van der Waals surface area contributed by atoms with Crippen molar-refractivity contribution in [3.05, 3.63) is 78.6 Å². The van der Waals surface area contributed by atoms with Gasteiger partial charge in [-0.25, -0.2) is 12.8 Å². The SMILES string of the molecule is COc1ccc(S(=O)(=O)N(C)c2ccccc2-c2ccccc2)cc1F. The molecule has 6 heteroatoms. The summed E-state index contributed by atoms with van der Waals surface area (Å²) in [5.41, 5.74) is 2.18. The summed E-state index contributed by atoms with van der Waals surface area (Å²) < 4.78 is 46.0. The molecule has 0 fully saturated rings. The lowest BCUT2D eigenvalue weighted by atomic mass is 10.0. The molecule has 0 aromatic heterocycles. The number of ether oxygens (including phenoxy) is 1. The van der Waals surface area contributed by atoms with E-state index in [9.17, 15) is 12.8 Å². The molecule has 3 rings (SSSR count). The highest BCUT2D eigenvalue weighted by Gasteiger charge is 2.24.